The highest BCUT2D eigenvalue weighted by Crippen LogP contribution is 2.28. The van der Waals surface area contributed by atoms with E-state index in [9.17, 15) is 9.59 Å². The molecule has 0 saturated heterocycles. The minimum atomic E-state index is -1.14. The first-order valence-electron chi connectivity index (χ1n) is 5.69. The van der Waals surface area contributed by atoms with Gasteiger partial charge in [0.25, 0.3) is 0 Å². The fourth-order valence-electron chi connectivity index (χ4n) is 1.62. The summed E-state index contributed by atoms with van der Waals surface area (Å²) in [5, 5.41) is 8.68. The Morgan fingerprint density at radius 2 is 1.89 bits per heavy atom. The maximum absolute atomic E-state index is 11.9. The Morgan fingerprint density at radius 1 is 1.28 bits per heavy atom. The number of ether oxygens (including phenoxy) is 1. The lowest BCUT2D eigenvalue weighted by Gasteiger charge is -2.20. The summed E-state index contributed by atoms with van der Waals surface area (Å²) >= 11 is 0. The molecule has 98 valence electrons. The van der Waals surface area contributed by atoms with Crippen LogP contribution in [0.1, 0.15) is 43.1 Å². The number of benzene rings is 1. The number of hydrogen-bond donors (Lipinski definition) is 1. The van der Waals surface area contributed by atoms with Crippen LogP contribution in [-0.2, 0) is 10.2 Å². The largest absolute Gasteiger partial charge is 0.496 e. The molecular formula is C14H18O4. The summed E-state index contributed by atoms with van der Waals surface area (Å²) in [5.74, 6) is -1.16. The lowest BCUT2D eigenvalue weighted by atomic mass is 9.85. The van der Waals surface area contributed by atoms with Gasteiger partial charge in [-0.2, -0.15) is 0 Å². The molecule has 4 nitrogen and oxygen atoms in total. The standard InChI is InChI=1S/C14H18O4/c1-14(2,3)9-5-6-12(18-4)10(7-9)11(15)8-13(16)17/h5-7H,8H2,1-4H3,(H,16,17). The fraction of sp³-hybridized carbons (Fsp3) is 0.429. The topological polar surface area (TPSA) is 63.6 Å². The number of carboxylic acid groups (broad SMARTS) is 1. The normalized spacial score (nSPS) is 11.1. The van der Waals surface area contributed by atoms with Crippen LogP contribution in [0.5, 0.6) is 5.75 Å². The highest BCUT2D eigenvalue weighted by Gasteiger charge is 2.20. The van der Waals surface area contributed by atoms with Gasteiger partial charge >= 0.3 is 5.97 Å². The maximum atomic E-state index is 11.9. The smallest absolute Gasteiger partial charge is 0.311 e. The molecule has 1 rings (SSSR count). The predicted molar refractivity (Wildman–Crippen MR) is 68.3 cm³/mol. The number of methoxy groups -OCH3 is 1. The molecule has 1 aromatic rings. The molecule has 0 aliphatic heterocycles. The van der Waals surface area contributed by atoms with Crippen LogP contribution in [0.3, 0.4) is 0 Å². The van der Waals surface area contributed by atoms with Gasteiger partial charge in [0.15, 0.2) is 5.78 Å². The Morgan fingerprint density at radius 3 is 2.33 bits per heavy atom. The molecule has 0 unspecified atom stereocenters. The summed E-state index contributed by atoms with van der Waals surface area (Å²) in [5.41, 5.74) is 1.19. The van der Waals surface area contributed by atoms with E-state index in [1.165, 1.54) is 7.11 Å². The SMILES string of the molecule is COc1ccc(C(C)(C)C)cc1C(=O)CC(=O)O. The van der Waals surface area contributed by atoms with Crippen LogP contribution in [-0.4, -0.2) is 24.0 Å². The highest BCUT2D eigenvalue weighted by atomic mass is 16.5. The van der Waals surface area contributed by atoms with E-state index in [-0.39, 0.29) is 5.41 Å². The van der Waals surface area contributed by atoms with E-state index in [0.29, 0.717) is 11.3 Å². The van der Waals surface area contributed by atoms with Crippen molar-refractivity contribution in [1.29, 1.82) is 0 Å². The van der Waals surface area contributed by atoms with Crippen LogP contribution < -0.4 is 4.74 Å². The van der Waals surface area contributed by atoms with Crippen molar-refractivity contribution in [3.63, 3.8) is 0 Å². The van der Waals surface area contributed by atoms with Gasteiger partial charge in [-0.1, -0.05) is 26.8 Å². The monoisotopic (exact) mass is 250 g/mol. The maximum Gasteiger partial charge on any atom is 0.311 e. The zero-order valence-corrected chi connectivity index (χ0v) is 11.1. The number of carbonyl (C=O) groups excluding carboxylic acids is 1. The van der Waals surface area contributed by atoms with E-state index in [4.69, 9.17) is 9.84 Å². The zero-order chi connectivity index (χ0) is 13.9. The summed E-state index contributed by atoms with van der Waals surface area (Å²) in [6.45, 7) is 6.08. The van der Waals surface area contributed by atoms with Crippen molar-refractivity contribution in [2.75, 3.05) is 7.11 Å². The molecule has 0 saturated carbocycles. The number of carboxylic acids is 1. The second kappa shape index (κ2) is 5.21. The van der Waals surface area contributed by atoms with E-state index < -0.39 is 18.2 Å². The Hall–Kier alpha value is -1.84. The first-order chi connectivity index (χ1) is 8.25. The van der Waals surface area contributed by atoms with E-state index in [1.807, 2.05) is 26.8 Å². The first-order valence-corrected chi connectivity index (χ1v) is 5.69. The van der Waals surface area contributed by atoms with Crippen LogP contribution in [0.4, 0.5) is 0 Å². The second-order valence-electron chi connectivity index (χ2n) is 5.16. The third-order valence-electron chi connectivity index (χ3n) is 2.68. The predicted octanol–water partition coefficient (Wildman–Crippen LogP) is 2.65. The average molecular weight is 250 g/mol. The molecule has 0 aliphatic rings. The van der Waals surface area contributed by atoms with Gasteiger partial charge in [0.05, 0.1) is 12.7 Å². The lowest BCUT2D eigenvalue weighted by Crippen LogP contribution is -2.14. The number of aliphatic carboxylic acids is 1. The van der Waals surface area contributed by atoms with E-state index in [0.717, 1.165) is 5.56 Å². The van der Waals surface area contributed by atoms with Gasteiger partial charge in [0.1, 0.15) is 12.2 Å². The average Bonchev–Trinajstić information content (AvgIpc) is 2.26. The summed E-state index contributed by atoms with van der Waals surface area (Å²) in [4.78, 5) is 22.5. The van der Waals surface area contributed by atoms with Gasteiger partial charge < -0.3 is 9.84 Å². The van der Waals surface area contributed by atoms with Crippen LogP contribution in [0.15, 0.2) is 18.2 Å². The molecule has 0 aliphatic carbocycles. The third-order valence-corrected chi connectivity index (χ3v) is 2.68. The fourth-order valence-corrected chi connectivity index (χ4v) is 1.62. The Labute approximate surface area is 107 Å². The Kier molecular flexibility index (Phi) is 4.11. The molecule has 0 aromatic heterocycles. The van der Waals surface area contributed by atoms with E-state index in [2.05, 4.69) is 0 Å². The lowest BCUT2D eigenvalue weighted by molar-refractivity contribution is -0.135. The number of Topliss-reactive ketones (excluding diaryl/α,β-unsaturated/α-hetero) is 1. The number of hydrogen-bond acceptors (Lipinski definition) is 3. The summed E-state index contributed by atoms with van der Waals surface area (Å²) in [7, 11) is 1.46. The molecule has 18 heavy (non-hydrogen) atoms. The van der Waals surface area contributed by atoms with Gasteiger partial charge in [-0.15, -0.1) is 0 Å². The number of carbonyl (C=O) groups is 2. The van der Waals surface area contributed by atoms with E-state index in [1.54, 1.807) is 12.1 Å². The molecule has 1 aromatic carbocycles. The molecule has 1 N–H and O–H groups in total. The van der Waals surface area contributed by atoms with Gasteiger partial charge in [-0.3, -0.25) is 9.59 Å². The molecule has 0 bridgehead atoms. The minimum Gasteiger partial charge on any atom is -0.496 e. The highest BCUT2D eigenvalue weighted by molar-refractivity contribution is 6.07. The summed E-state index contributed by atoms with van der Waals surface area (Å²) < 4.78 is 5.10. The molecule has 0 atom stereocenters. The number of rotatable bonds is 4. The molecule has 0 spiro atoms. The van der Waals surface area contributed by atoms with Crippen molar-refractivity contribution in [2.24, 2.45) is 0 Å². The van der Waals surface area contributed by atoms with Crippen molar-refractivity contribution in [3.05, 3.63) is 29.3 Å². The third kappa shape index (κ3) is 3.32. The zero-order valence-electron chi connectivity index (χ0n) is 11.1. The van der Waals surface area contributed by atoms with Crippen molar-refractivity contribution >= 4 is 11.8 Å². The molecule has 0 radical (unpaired) electrons. The van der Waals surface area contributed by atoms with Crippen molar-refractivity contribution < 1.29 is 19.4 Å². The summed E-state index contributed by atoms with van der Waals surface area (Å²) in [6.07, 6.45) is -0.524. The molecule has 4 heteroatoms. The van der Waals surface area contributed by atoms with Crippen molar-refractivity contribution in [3.8, 4) is 5.75 Å². The van der Waals surface area contributed by atoms with Gasteiger partial charge in [0, 0.05) is 0 Å². The van der Waals surface area contributed by atoms with Crippen molar-refractivity contribution in [1.82, 2.24) is 0 Å². The number of ketones is 1. The van der Waals surface area contributed by atoms with Crippen LogP contribution in [0.25, 0.3) is 0 Å². The molecule has 0 heterocycles. The Balaban J connectivity index is 3.22. The van der Waals surface area contributed by atoms with Crippen molar-refractivity contribution in [2.45, 2.75) is 32.6 Å². The van der Waals surface area contributed by atoms with Gasteiger partial charge in [-0.05, 0) is 23.1 Å². The first kappa shape index (κ1) is 14.2. The minimum absolute atomic E-state index is 0.107. The van der Waals surface area contributed by atoms with Crippen LogP contribution >= 0.6 is 0 Å². The van der Waals surface area contributed by atoms with Crippen LogP contribution in [0.2, 0.25) is 0 Å². The Bertz CT molecular complexity index is 469. The second-order valence-corrected chi connectivity index (χ2v) is 5.16. The quantitative estimate of drug-likeness (QED) is 0.659. The summed E-state index contributed by atoms with van der Waals surface area (Å²) in [6, 6.07) is 5.30. The molecular weight excluding hydrogens is 232 g/mol. The van der Waals surface area contributed by atoms with Crippen LogP contribution in [0, 0.1) is 0 Å². The van der Waals surface area contributed by atoms with Gasteiger partial charge in [-0.25, -0.2) is 0 Å². The van der Waals surface area contributed by atoms with Gasteiger partial charge in [0.2, 0.25) is 0 Å². The molecule has 0 amide bonds. The molecule has 0 fully saturated rings. The van der Waals surface area contributed by atoms with E-state index >= 15 is 0 Å².